The molecule has 1 unspecified atom stereocenters. The van der Waals surface area contributed by atoms with Crippen molar-refractivity contribution < 1.29 is 0 Å². The number of alkyl halides is 1. The van der Waals surface area contributed by atoms with Gasteiger partial charge in [-0.2, -0.15) is 0 Å². The predicted octanol–water partition coefficient (Wildman–Crippen LogP) is 2.18. The largest absolute Gasteiger partial charge is 0.357 e. The first-order chi connectivity index (χ1) is 4.18. The minimum Gasteiger partial charge on any atom is -0.357 e. The summed E-state index contributed by atoms with van der Waals surface area (Å²) in [6.45, 7) is 1.96. The Morgan fingerprint density at radius 2 is 2.33 bits per heavy atom. The van der Waals surface area contributed by atoms with Crippen molar-refractivity contribution in [1.82, 2.24) is 5.32 Å². The molecule has 0 amide bonds. The van der Waals surface area contributed by atoms with Gasteiger partial charge in [0.05, 0.1) is 0 Å². The molecule has 9 heavy (non-hydrogen) atoms. The highest BCUT2D eigenvalue weighted by molar-refractivity contribution is 6.30. The lowest BCUT2D eigenvalue weighted by atomic mass is 10.2. The van der Waals surface area contributed by atoms with E-state index in [2.05, 4.69) is 5.32 Å². The number of halogens is 2. The molecular weight excluding hydrogens is 157 g/mol. The van der Waals surface area contributed by atoms with Crippen molar-refractivity contribution in [2.24, 2.45) is 0 Å². The molecule has 1 aliphatic rings. The zero-order chi connectivity index (χ0) is 6.85. The van der Waals surface area contributed by atoms with E-state index in [1.54, 1.807) is 0 Å². The van der Waals surface area contributed by atoms with Crippen LogP contribution in [-0.4, -0.2) is 5.50 Å². The van der Waals surface area contributed by atoms with E-state index in [0.29, 0.717) is 5.16 Å². The highest BCUT2D eigenvalue weighted by Crippen LogP contribution is 2.13. The molecule has 0 aromatic carbocycles. The van der Waals surface area contributed by atoms with Gasteiger partial charge < -0.3 is 5.32 Å². The molecule has 0 bridgehead atoms. The van der Waals surface area contributed by atoms with Crippen LogP contribution in [0.3, 0.4) is 0 Å². The fourth-order valence-electron chi connectivity index (χ4n) is 0.694. The standard InChI is InChI=1S/C6H7Cl2N/c1-4-2-5(7)9-6(8)3-4/h2-3,5,9H,1H3. The van der Waals surface area contributed by atoms with Gasteiger partial charge in [-0.05, 0) is 24.6 Å². The molecule has 0 radical (unpaired) electrons. The first kappa shape index (κ1) is 6.97. The van der Waals surface area contributed by atoms with Gasteiger partial charge in [-0.1, -0.05) is 23.2 Å². The summed E-state index contributed by atoms with van der Waals surface area (Å²) in [5, 5.41) is 3.43. The summed E-state index contributed by atoms with van der Waals surface area (Å²) in [4.78, 5) is 0. The second kappa shape index (κ2) is 2.63. The molecule has 1 N–H and O–H groups in total. The SMILES string of the molecule is CC1=CC(Cl)NC(Cl)=C1. The molecule has 1 rings (SSSR count). The lowest BCUT2D eigenvalue weighted by Gasteiger charge is -2.13. The fraction of sp³-hybridized carbons (Fsp3) is 0.333. The molecule has 0 aromatic rings. The molecule has 1 heterocycles. The number of dihydropyridines is 1. The number of hydrogen-bond donors (Lipinski definition) is 1. The molecule has 1 nitrogen and oxygen atoms in total. The molecule has 0 spiro atoms. The molecular formula is C6H7Cl2N. The van der Waals surface area contributed by atoms with Gasteiger partial charge in [0.15, 0.2) is 0 Å². The Morgan fingerprint density at radius 3 is 2.78 bits per heavy atom. The van der Waals surface area contributed by atoms with Gasteiger partial charge in [-0.25, -0.2) is 0 Å². The minimum absolute atomic E-state index is 0.150. The minimum atomic E-state index is -0.150. The summed E-state index contributed by atoms with van der Waals surface area (Å²) in [5.41, 5.74) is 0.946. The van der Waals surface area contributed by atoms with Crippen LogP contribution < -0.4 is 5.32 Å². The van der Waals surface area contributed by atoms with E-state index in [1.165, 1.54) is 0 Å². The first-order valence-corrected chi connectivity index (χ1v) is 3.46. The number of hydrogen-bond acceptors (Lipinski definition) is 1. The third kappa shape index (κ3) is 1.92. The second-order valence-electron chi connectivity index (χ2n) is 1.95. The van der Waals surface area contributed by atoms with Crippen LogP contribution in [0, 0.1) is 0 Å². The van der Waals surface area contributed by atoms with Crippen LogP contribution in [0.4, 0.5) is 0 Å². The molecule has 1 aliphatic heterocycles. The van der Waals surface area contributed by atoms with Gasteiger partial charge in [0.2, 0.25) is 0 Å². The van der Waals surface area contributed by atoms with Crippen molar-refractivity contribution in [3.05, 3.63) is 22.9 Å². The molecule has 50 valence electrons. The molecule has 0 saturated carbocycles. The Morgan fingerprint density at radius 1 is 1.67 bits per heavy atom. The van der Waals surface area contributed by atoms with Crippen LogP contribution in [0.15, 0.2) is 22.9 Å². The van der Waals surface area contributed by atoms with Gasteiger partial charge in [0, 0.05) is 0 Å². The van der Waals surface area contributed by atoms with Crippen molar-refractivity contribution in [3.8, 4) is 0 Å². The average Bonchev–Trinajstić information content (AvgIpc) is 1.59. The van der Waals surface area contributed by atoms with Gasteiger partial charge in [-0.3, -0.25) is 0 Å². The van der Waals surface area contributed by atoms with Gasteiger partial charge in [0.25, 0.3) is 0 Å². The highest BCUT2D eigenvalue weighted by Gasteiger charge is 2.05. The summed E-state index contributed by atoms with van der Waals surface area (Å²) in [6.07, 6.45) is 3.73. The molecule has 0 saturated heterocycles. The number of allylic oxidation sites excluding steroid dienone is 2. The van der Waals surface area contributed by atoms with E-state index < -0.39 is 0 Å². The zero-order valence-electron chi connectivity index (χ0n) is 4.99. The van der Waals surface area contributed by atoms with Crippen LogP contribution in [0.5, 0.6) is 0 Å². The Labute approximate surface area is 64.3 Å². The second-order valence-corrected chi connectivity index (χ2v) is 2.83. The maximum absolute atomic E-state index is 5.69. The maximum atomic E-state index is 5.69. The van der Waals surface area contributed by atoms with E-state index in [4.69, 9.17) is 23.2 Å². The predicted molar refractivity (Wildman–Crippen MR) is 40.5 cm³/mol. The Hall–Kier alpha value is -0.140. The lowest BCUT2D eigenvalue weighted by molar-refractivity contribution is 0.871. The Balaban J connectivity index is 2.74. The average molecular weight is 164 g/mol. The third-order valence-electron chi connectivity index (χ3n) is 1.04. The molecule has 0 fully saturated rings. The molecule has 3 heteroatoms. The lowest BCUT2D eigenvalue weighted by Crippen LogP contribution is -2.21. The normalized spacial score (nSPS) is 26.3. The van der Waals surface area contributed by atoms with E-state index in [9.17, 15) is 0 Å². The number of rotatable bonds is 0. The van der Waals surface area contributed by atoms with Crippen molar-refractivity contribution >= 4 is 23.2 Å². The van der Waals surface area contributed by atoms with Crippen LogP contribution in [-0.2, 0) is 0 Å². The topological polar surface area (TPSA) is 12.0 Å². The van der Waals surface area contributed by atoms with Crippen molar-refractivity contribution in [2.45, 2.75) is 12.4 Å². The van der Waals surface area contributed by atoms with Crippen LogP contribution in [0.2, 0.25) is 0 Å². The van der Waals surface area contributed by atoms with Crippen LogP contribution in [0.1, 0.15) is 6.92 Å². The summed E-state index contributed by atoms with van der Waals surface area (Å²) < 4.78 is 0. The first-order valence-electron chi connectivity index (χ1n) is 2.65. The molecule has 1 atom stereocenters. The molecule has 0 aliphatic carbocycles. The maximum Gasteiger partial charge on any atom is 0.121 e. The zero-order valence-corrected chi connectivity index (χ0v) is 6.50. The van der Waals surface area contributed by atoms with E-state index in [0.717, 1.165) is 5.57 Å². The molecule has 0 aromatic heterocycles. The van der Waals surface area contributed by atoms with Crippen LogP contribution >= 0.6 is 23.2 Å². The smallest absolute Gasteiger partial charge is 0.121 e. The van der Waals surface area contributed by atoms with Crippen LogP contribution in [0.25, 0.3) is 0 Å². The van der Waals surface area contributed by atoms with Gasteiger partial charge >= 0.3 is 0 Å². The van der Waals surface area contributed by atoms with E-state index in [1.807, 2.05) is 19.1 Å². The summed E-state index contributed by atoms with van der Waals surface area (Å²) >= 11 is 11.3. The fourth-order valence-corrected chi connectivity index (χ4v) is 1.36. The summed E-state index contributed by atoms with van der Waals surface area (Å²) in [7, 11) is 0. The summed E-state index contributed by atoms with van der Waals surface area (Å²) in [6, 6.07) is 0. The Bertz CT molecular complexity index is 172. The third-order valence-corrected chi connectivity index (χ3v) is 1.49. The highest BCUT2D eigenvalue weighted by atomic mass is 35.5. The van der Waals surface area contributed by atoms with Gasteiger partial charge in [-0.15, -0.1) is 0 Å². The summed E-state index contributed by atoms with van der Waals surface area (Å²) in [5.74, 6) is 0. The van der Waals surface area contributed by atoms with E-state index >= 15 is 0 Å². The van der Waals surface area contributed by atoms with E-state index in [-0.39, 0.29) is 5.50 Å². The number of nitrogens with one attached hydrogen (secondary N) is 1. The van der Waals surface area contributed by atoms with Crippen molar-refractivity contribution in [3.63, 3.8) is 0 Å². The monoisotopic (exact) mass is 163 g/mol. The van der Waals surface area contributed by atoms with Crippen molar-refractivity contribution in [1.29, 1.82) is 0 Å². The van der Waals surface area contributed by atoms with Crippen molar-refractivity contribution in [2.75, 3.05) is 0 Å². The Kier molecular flexibility index (Phi) is 2.04. The quantitative estimate of drug-likeness (QED) is 0.427. The van der Waals surface area contributed by atoms with Gasteiger partial charge in [0.1, 0.15) is 10.7 Å².